The van der Waals surface area contributed by atoms with E-state index < -0.39 is 6.03 Å². The van der Waals surface area contributed by atoms with Crippen LogP contribution in [0.2, 0.25) is 0 Å². The molecular formula is C8H11N3O. The summed E-state index contributed by atoms with van der Waals surface area (Å²) >= 11 is 0. The van der Waals surface area contributed by atoms with Crippen LogP contribution in [0, 0.1) is 11.8 Å². The molecule has 0 spiro atoms. The molecule has 2 aliphatic rings. The van der Waals surface area contributed by atoms with Gasteiger partial charge >= 0.3 is 6.03 Å². The van der Waals surface area contributed by atoms with Gasteiger partial charge in [0, 0.05) is 11.6 Å². The molecular weight excluding hydrogens is 154 g/mol. The molecule has 4 heteroatoms. The van der Waals surface area contributed by atoms with Gasteiger partial charge in [-0.3, -0.25) is 0 Å². The number of hydrogen-bond donors (Lipinski definition) is 2. The van der Waals surface area contributed by atoms with Gasteiger partial charge in [0.15, 0.2) is 0 Å². The zero-order valence-corrected chi connectivity index (χ0v) is 6.66. The summed E-state index contributed by atoms with van der Waals surface area (Å²) in [5.41, 5.74) is 8.22. The summed E-state index contributed by atoms with van der Waals surface area (Å²) in [4.78, 5) is 10.3. The topological polar surface area (TPSA) is 67.5 Å². The Morgan fingerprint density at radius 1 is 1.75 bits per heavy atom. The van der Waals surface area contributed by atoms with E-state index >= 15 is 0 Å². The van der Waals surface area contributed by atoms with Gasteiger partial charge in [-0.25, -0.2) is 10.2 Å². The van der Waals surface area contributed by atoms with E-state index in [1.807, 2.05) is 0 Å². The number of hydrazone groups is 1. The maximum Gasteiger partial charge on any atom is 0.332 e. The highest BCUT2D eigenvalue weighted by Crippen LogP contribution is 2.39. The van der Waals surface area contributed by atoms with Crippen molar-refractivity contribution in [3.63, 3.8) is 0 Å². The van der Waals surface area contributed by atoms with Crippen LogP contribution in [0.1, 0.15) is 12.8 Å². The van der Waals surface area contributed by atoms with E-state index in [-0.39, 0.29) is 0 Å². The number of urea groups is 1. The Morgan fingerprint density at radius 3 is 3.25 bits per heavy atom. The van der Waals surface area contributed by atoms with E-state index in [4.69, 9.17) is 5.73 Å². The first kappa shape index (κ1) is 7.34. The van der Waals surface area contributed by atoms with Gasteiger partial charge in [-0.05, 0) is 18.8 Å². The standard InChI is InChI=1S/C8H11N3O/c9-8(12)11-10-7-4-5-2-1-3-6(5)7/h1-2,5-6H,3-4H2,(H3,9,11,12)/b10-7-/t5-,6-/m1/s1. The molecule has 1 fully saturated rings. The van der Waals surface area contributed by atoms with Crippen LogP contribution in [-0.2, 0) is 0 Å². The number of allylic oxidation sites excluding steroid dienone is 2. The molecule has 0 aromatic rings. The molecule has 2 rings (SSSR count). The van der Waals surface area contributed by atoms with Crippen molar-refractivity contribution in [2.45, 2.75) is 12.8 Å². The maximum absolute atomic E-state index is 10.3. The van der Waals surface area contributed by atoms with Crippen LogP contribution in [0.5, 0.6) is 0 Å². The molecule has 12 heavy (non-hydrogen) atoms. The van der Waals surface area contributed by atoms with Crippen molar-refractivity contribution in [2.24, 2.45) is 22.7 Å². The number of nitrogens with two attached hydrogens (primary N) is 1. The first-order chi connectivity index (χ1) is 5.77. The lowest BCUT2D eigenvalue weighted by Crippen LogP contribution is -2.36. The monoisotopic (exact) mass is 165 g/mol. The molecule has 0 aromatic heterocycles. The van der Waals surface area contributed by atoms with E-state index in [1.54, 1.807) is 0 Å². The van der Waals surface area contributed by atoms with Gasteiger partial charge in [0.05, 0.1) is 0 Å². The quantitative estimate of drug-likeness (QED) is 0.433. The fraction of sp³-hybridized carbons (Fsp3) is 0.500. The Labute approximate surface area is 70.5 Å². The lowest BCUT2D eigenvalue weighted by Gasteiger charge is -2.31. The summed E-state index contributed by atoms with van der Waals surface area (Å²) in [6, 6.07) is -0.586. The number of nitrogens with one attached hydrogen (secondary N) is 1. The van der Waals surface area contributed by atoms with E-state index in [0.29, 0.717) is 11.8 Å². The molecule has 0 saturated heterocycles. The predicted molar refractivity (Wildman–Crippen MR) is 45.5 cm³/mol. The molecule has 1 saturated carbocycles. The van der Waals surface area contributed by atoms with Crippen molar-refractivity contribution in [3.05, 3.63) is 12.2 Å². The van der Waals surface area contributed by atoms with Crippen LogP contribution in [0.15, 0.2) is 17.3 Å². The zero-order chi connectivity index (χ0) is 8.55. The van der Waals surface area contributed by atoms with Gasteiger partial charge in [-0.1, -0.05) is 12.2 Å². The zero-order valence-electron chi connectivity index (χ0n) is 6.66. The van der Waals surface area contributed by atoms with Gasteiger partial charge < -0.3 is 5.73 Å². The Balaban J connectivity index is 1.92. The molecule has 3 N–H and O–H groups in total. The third kappa shape index (κ3) is 1.09. The van der Waals surface area contributed by atoms with Gasteiger partial charge in [-0.15, -0.1) is 0 Å². The Hall–Kier alpha value is -1.32. The van der Waals surface area contributed by atoms with E-state index in [2.05, 4.69) is 22.7 Å². The molecule has 0 aromatic carbocycles. The van der Waals surface area contributed by atoms with Crippen LogP contribution >= 0.6 is 0 Å². The Morgan fingerprint density at radius 2 is 2.58 bits per heavy atom. The van der Waals surface area contributed by atoms with Crippen molar-refractivity contribution in [1.29, 1.82) is 0 Å². The second-order valence-corrected chi connectivity index (χ2v) is 3.22. The van der Waals surface area contributed by atoms with Crippen LogP contribution in [-0.4, -0.2) is 11.7 Å². The van der Waals surface area contributed by atoms with Crippen LogP contribution in [0.3, 0.4) is 0 Å². The third-order valence-corrected chi connectivity index (χ3v) is 2.47. The molecule has 0 aliphatic heterocycles. The first-order valence-electron chi connectivity index (χ1n) is 4.06. The van der Waals surface area contributed by atoms with Crippen molar-refractivity contribution in [1.82, 2.24) is 5.43 Å². The summed E-state index contributed by atoms with van der Waals surface area (Å²) in [6.45, 7) is 0. The number of rotatable bonds is 1. The predicted octanol–water partition coefficient (Wildman–Crippen LogP) is 0.607. The number of hydrogen-bond acceptors (Lipinski definition) is 2. The maximum atomic E-state index is 10.3. The fourth-order valence-electron chi connectivity index (χ4n) is 1.79. The number of fused-ring (bicyclic) bond motifs is 1. The second-order valence-electron chi connectivity index (χ2n) is 3.22. The molecule has 0 heterocycles. The molecule has 0 bridgehead atoms. The van der Waals surface area contributed by atoms with Crippen molar-refractivity contribution in [2.75, 3.05) is 0 Å². The van der Waals surface area contributed by atoms with E-state index in [1.165, 1.54) is 0 Å². The van der Waals surface area contributed by atoms with Crippen LogP contribution < -0.4 is 11.2 Å². The summed E-state index contributed by atoms with van der Waals surface area (Å²) in [7, 11) is 0. The normalized spacial score (nSPS) is 34.5. The molecule has 4 nitrogen and oxygen atoms in total. The average Bonchev–Trinajstić information content (AvgIpc) is 2.32. The minimum absolute atomic E-state index is 0.539. The van der Waals surface area contributed by atoms with Crippen molar-refractivity contribution < 1.29 is 4.79 Å². The second kappa shape index (κ2) is 2.62. The number of amides is 2. The number of carbonyl (C=O) groups excluding carboxylic acids is 1. The van der Waals surface area contributed by atoms with Crippen molar-refractivity contribution >= 4 is 11.7 Å². The highest BCUT2D eigenvalue weighted by Gasteiger charge is 2.37. The number of nitrogens with zero attached hydrogens (tertiary/aromatic N) is 1. The molecule has 2 aliphatic carbocycles. The Bertz CT molecular complexity index is 269. The minimum atomic E-state index is -0.586. The SMILES string of the molecule is NC(=O)N/N=C1/C[C@H]2C=CC[C@@H]12. The smallest absolute Gasteiger partial charge is 0.332 e. The molecule has 2 atom stereocenters. The van der Waals surface area contributed by atoms with Crippen LogP contribution in [0.25, 0.3) is 0 Å². The highest BCUT2D eigenvalue weighted by molar-refractivity contribution is 5.94. The van der Waals surface area contributed by atoms with Gasteiger partial charge in [0.1, 0.15) is 0 Å². The van der Waals surface area contributed by atoms with Crippen LogP contribution in [0.4, 0.5) is 4.79 Å². The summed E-state index contributed by atoms with van der Waals surface area (Å²) in [5, 5.41) is 3.92. The number of primary amides is 1. The fourth-order valence-corrected chi connectivity index (χ4v) is 1.79. The van der Waals surface area contributed by atoms with E-state index in [0.717, 1.165) is 18.6 Å². The molecule has 0 unspecified atom stereocenters. The van der Waals surface area contributed by atoms with Gasteiger partial charge in [0.25, 0.3) is 0 Å². The van der Waals surface area contributed by atoms with Crippen molar-refractivity contribution in [3.8, 4) is 0 Å². The summed E-state index contributed by atoms with van der Waals surface area (Å²) in [6.07, 6.45) is 6.42. The summed E-state index contributed by atoms with van der Waals surface area (Å²) in [5.74, 6) is 1.20. The highest BCUT2D eigenvalue weighted by atomic mass is 16.2. The first-order valence-corrected chi connectivity index (χ1v) is 4.06. The molecule has 2 amide bonds. The lowest BCUT2D eigenvalue weighted by atomic mass is 9.74. The lowest BCUT2D eigenvalue weighted by molar-refractivity contribution is 0.249. The Kier molecular flexibility index (Phi) is 1.60. The minimum Gasteiger partial charge on any atom is -0.350 e. The number of carbonyl (C=O) groups is 1. The van der Waals surface area contributed by atoms with Gasteiger partial charge in [0.2, 0.25) is 0 Å². The third-order valence-electron chi connectivity index (χ3n) is 2.47. The largest absolute Gasteiger partial charge is 0.350 e. The van der Waals surface area contributed by atoms with Gasteiger partial charge in [-0.2, -0.15) is 5.10 Å². The van der Waals surface area contributed by atoms with E-state index in [9.17, 15) is 4.79 Å². The summed E-state index contributed by atoms with van der Waals surface area (Å²) < 4.78 is 0. The average molecular weight is 165 g/mol. The molecule has 64 valence electrons. The molecule has 0 radical (unpaired) electrons.